The fraction of sp³-hybridized carbons (Fsp3) is 0.417. The summed E-state index contributed by atoms with van der Waals surface area (Å²) in [6, 6.07) is 4.98. The van der Waals surface area contributed by atoms with Crippen LogP contribution in [0.25, 0.3) is 0 Å². The Balaban J connectivity index is 2.37. The van der Waals surface area contributed by atoms with Gasteiger partial charge in [0.05, 0.1) is 0 Å². The van der Waals surface area contributed by atoms with Crippen LogP contribution in [0.2, 0.25) is 0 Å². The molecule has 0 saturated heterocycles. The van der Waals surface area contributed by atoms with E-state index in [1.165, 1.54) is 6.07 Å². The third-order valence-electron chi connectivity index (χ3n) is 2.33. The quantitative estimate of drug-likeness (QED) is 0.788. The molecule has 0 aromatic heterocycles. The maximum atomic E-state index is 13.0. The van der Waals surface area contributed by atoms with Crippen LogP contribution in [-0.4, -0.2) is 19.0 Å². The van der Waals surface area contributed by atoms with Gasteiger partial charge in [0, 0.05) is 19.5 Å². The van der Waals surface area contributed by atoms with E-state index >= 15 is 0 Å². The lowest BCUT2D eigenvalue weighted by Crippen LogP contribution is -2.27. The van der Waals surface area contributed by atoms with Gasteiger partial charge in [0.1, 0.15) is 5.82 Å². The molecule has 0 heterocycles. The number of benzene rings is 1. The zero-order chi connectivity index (χ0) is 12.0. The Bertz CT molecular complexity index is 366. The molecule has 3 nitrogen and oxygen atoms in total. The summed E-state index contributed by atoms with van der Waals surface area (Å²) in [5.74, 6) is -0.239. The van der Waals surface area contributed by atoms with E-state index in [-0.39, 0.29) is 11.7 Å². The minimum atomic E-state index is -0.198. The molecule has 4 heteroatoms. The Hall–Kier alpha value is -1.42. The number of nitrogens with one attached hydrogen (secondary N) is 1. The van der Waals surface area contributed by atoms with Crippen LogP contribution in [0.3, 0.4) is 0 Å². The van der Waals surface area contributed by atoms with Gasteiger partial charge in [-0.3, -0.25) is 4.79 Å². The summed E-state index contributed by atoms with van der Waals surface area (Å²) >= 11 is 0. The van der Waals surface area contributed by atoms with Crippen molar-refractivity contribution in [3.05, 3.63) is 35.1 Å². The average molecular weight is 224 g/mol. The topological polar surface area (TPSA) is 55.1 Å². The molecule has 1 aromatic rings. The molecule has 1 amide bonds. The van der Waals surface area contributed by atoms with E-state index in [4.69, 9.17) is 5.73 Å². The highest BCUT2D eigenvalue weighted by Crippen LogP contribution is 2.09. The predicted octanol–water partition coefficient (Wildman–Crippen LogP) is 1.14. The monoisotopic (exact) mass is 224 g/mol. The van der Waals surface area contributed by atoms with Crippen molar-refractivity contribution in [3.63, 3.8) is 0 Å². The number of aryl methyl sites for hydroxylation is 1. The molecule has 16 heavy (non-hydrogen) atoms. The Kier molecular flexibility index (Phi) is 4.92. The predicted molar refractivity (Wildman–Crippen MR) is 61.5 cm³/mol. The second-order valence-electron chi connectivity index (χ2n) is 3.72. The van der Waals surface area contributed by atoms with E-state index in [9.17, 15) is 9.18 Å². The molecule has 88 valence electrons. The van der Waals surface area contributed by atoms with E-state index in [0.29, 0.717) is 31.5 Å². The summed E-state index contributed by atoms with van der Waals surface area (Å²) in [6.07, 6.45) is 1.06. The van der Waals surface area contributed by atoms with Crippen LogP contribution in [0.4, 0.5) is 4.39 Å². The van der Waals surface area contributed by atoms with Crippen molar-refractivity contribution in [2.45, 2.75) is 19.8 Å². The molecule has 0 spiro atoms. The SMILES string of the molecule is Cc1cc(CCNC(=O)CCN)ccc1F. The van der Waals surface area contributed by atoms with Gasteiger partial charge < -0.3 is 11.1 Å². The van der Waals surface area contributed by atoms with Crippen LogP contribution in [0.5, 0.6) is 0 Å². The van der Waals surface area contributed by atoms with Gasteiger partial charge in [-0.2, -0.15) is 0 Å². The van der Waals surface area contributed by atoms with E-state index in [1.54, 1.807) is 19.1 Å². The number of hydrogen-bond acceptors (Lipinski definition) is 2. The first-order chi connectivity index (χ1) is 7.63. The van der Waals surface area contributed by atoms with Crippen LogP contribution >= 0.6 is 0 Å². The third-order valence-corrected chi connectivity index (χ3v) is 2.33. The molecule has 0 aliphatic rings. The zero-order valence-electron chi connectivity index (χ0n) is 9.42. The van der Waals surface area contributed by atoms with Crippen molar-refractivity contribution < 1.29 is 9.18 Å². The minimum Gasteiger partial charge on any atom is -0.356 e. The number of amides is 1. The molecule has 3 N–H and O–H groups in total. The van der Waals surface area contributed by atoms with Gasteiger partial charge in [0.25, 0.3) is 0 Å². The summed E-state index contributed by atoms with van der Waals surface area (Å²) in [7, 11) is 0. The van der Waals surface area contributed by atoms with Crippen LogP contribution in [-0.2, 0) is 11.2 Å². The molecular weight excluding hydrogens is 207 g/mol. The number of halogens is 1. The standard InChI is InChI=1S/C12H17FN2O/c1-9-8-10(2-3-11(9)13)5-7-15-12(16)4-6-14/h2-3,8H,4-7,14H2,1H3,(H,15,16). The van der Waals surface area contributed by atoms with E-state index in [0.717, 1.165) is 5.56 Å². The zero-order valence-corrected chi connectivity index (χ0v) is 9.42. The first-order valence-corrected chi connectivity index (χ1v) is 5.35. The lowest BCUT2D eigenvalue weighted by atomic mass is 10.1. The van der Waals surface area contributed by atoms with Crippen molar-refractivity contribution in [1.82, 2.24) is 5.32 Å². The lowest BCUT2D eigenvalue weighted by Gasteiger charge is -2.05. The summed E-state index contributed by atoms with van der Waals surface area (Å²) < 4.78 is 13.0. The third kappa shape index (κ3) is 3.98. The van der Waals surface area contributed by atoms with E-state index in [2.05, 4.69) is 5.32 Å². The van der Waals surface area contributed by atoms with Gasteiger partial charge in [-0.25, -0.2) is 4.39 Å². The molecular formula is C12H17FN2O. The van der Waals surface area contributed by atoms with Crippen molar-refractivity contribution in [1.29, 1.82) is 0 Å². The molecule has 0 bridgehead atoms. The number of carbonyl (C=O) groups is 1. The fourth-order valence-electron chi connectivity index (χ4n) is 1.43. The molecule has 0 unspecified atom stereocenters. The van der Waals surface area contributed by atoms with Crippen molar-refractivity contribution >= 4 is 5.91 Å². The maximum Gasteiger partial charge on any atom is 0.221 e. The number of nitrogens with two attached hydrogens (primary N) is 1. The molecule has 0 atom stereocenters. The molecule has 1 rings (SSSR count). The molecule has 1 aromatic carbocycles. The van der Waals surface area contributed by atoms with Gasteiger partial charge in [-0.15, -0.1) is 0 Å². The Morgan fingerprint density at radius 2 is 2.25 bits per heavy atom. The lowest BCUT2D eigenvalue weighted by molar-refractivity contribution is -0.120. The highest BCUT2D eigenvalue weighted by Gasteiger charge is 2.01. The Morgan fingerprint density at radius 3 is 2.88 bits per heavy atom. The van der Waals surface area contributed by atoms with E-state index < -0.39 is 0 Å². The van der Waals surface area contributed by atoms with Gasteiger partial charge in [0.15, 0.2) is 0 Å². The fourth-order valence-corrected chi connectivity index (χ4v) is 1.43. The summed E-state index contributed by atoms with van der Waals surface area (Å²) in [5.41, 5.74) is 6.90. The number of rotatable bonds is 5. The van der Waals surface area contributed by atoms with Gasteiger partial charge >= 0.3 is 0 Å². The second kappa shape index (κ2) is 6.23. The van der Waals surface area contributed by atoms with E-state index in [1.807, 2.05) is 0 Å². The first kappa shape index (κ1) is 12.6. The summed E-state index contributed by atoms with van der Waals surface area (Å²) in [5, 5.41) is 2.75. The van der Waals surface area contributed by atoms with Gasteiger partial charge in [-0.05, 0) is 30.5 Å². The summed E-state index contributed by atoms with van der Waals surface area (Å²) in [6.45, 7) is 2.65. The molecule has 0 saturated carbocycles. The molecule has 0 aliphatic carbocycles. The Labute approximate surface area is 94.8 Å². The van der Waals surface area contributed by atoms with Crippen LogP contribution in [0, 0.1) is 12.7 Å². The first-order valence-electron chi connectivity index (χ1n) is 5.35. The van der Waals surface area contributed by atoms with Gasteiger partial charge in [0.2, 0.25) is 5.91 Å². The molecule has 0 radical (unpaired) electrons. The average Bonchev–Trinajstić information content (AvgIpc) is 2.24. The minimum absolute atomic E-state index is 0.0404. The van der Waals surface area contributed by atoms with Crippen LogP contribution in [0.1, 0.15) is 17.5 Å². The Morgan fingerprint density at radius 1 is 1.50 bits per heavy atom. The second-order valence-corrected chi connectivity index (χ2v) is 3.72. The maximum absolute atomic E-state index is 13.0. The van der Waals surface area contributed by atoms with Gasteiger partial charge in [-0.1, -0.05) is 12.1 Å². The van der Waals surface area contributed by atoms with Crippen LogP contribution in [0.15, 0.2) is 18.2 Å². The normalized spacial score (nSPS) is 10.2. The van der Waals surface area contributed by atoms with Crippen LogP contribution < -0.4 is 11.1 Å². The highest BCUT2D eigenvalue weighted by molar-refractivity contribution is 5.75. The number of hydrogen-bond donors (Lipinski definition) is 2. The smallest absolute Gasteiger partial charge is 0.221 e. The van der Waals surface area contributed by atoms with Crippen molar-refractivity contribution in [3.8, 4) is 0 Å². The molecule has 0 fully saturated rings. The number of carbonyl (C=O) groups excluding carboxylic acids is 1. The van der Waals surface area contributed by atoms with Crippen molar-refractivity contribution in [2.24, 2.45) is 5.73 Å². The largest absolute Gasteiger partial charge is 0.356 e. The van der Waals surface area contributed by atoms with Crippen molar-refractivity contribution in [2.75, 3.05) is 13.1 Å². The highest BCUT2D eigenvalue weighted by atomic mass is 19.1. The molecule has 0 aliphatic heterocycles. The summed E-state index contributed by atoms with van der Waals surface area (Å²) in [4.78, 5) is 11.1.